The lowest BCUT2D eigenvalue weighted by atomic mass is 10.2. The Morgan fingerprint density at radius 1 is 1.18 bits per heavy atom. The maximum atomic E-state index is 12.9. The maximum Gasteiger partial charge on any atom is 0.294 e. The Hall–Kier alpha value is -4.23. The number of nitrogens with one attached hydrogen (secondary N) is 1. The van der Waals surface area contributed by atoms with Gasteiger partial charge in [-0.25, -0.2) is 4.98 Å². The molecule has 2 aromatic carbocycles. The number of aromatic nitrogens is 1. The van der Waals surface area contributed by atoms with E-state index < -0.39 is 28.5 Å². The number of anilines is 1. The molecular formula is C25H19BrN4O7S. The number of halogens is 1. The predicted molar refractivity (Wildman–Crippen MR) is 144 cm³/mol. The second-order valence-corrected chi connectivity index (χ2v) is 9.50. The lowest BCUT2D eigenvalue weighted by Gasteiger charge is -2.13. The summed E-state index contributed by atoms with van der Waals surface area (Å²) in [6.07, 6.45) is 2.60. The van der Waals surface area contributed by atoms with Crippen LogP contribution in [0.1, 0.15) is 12.5 Å². The number of amides is 3. The zero-order chi connectivity index (χ0) is 27.2. The molecule has 1 aliphatic rings. The number of rotatable bonds is 9. The largest absolute Gasteiger partial charge is 0.490 e. The van der Waals surface area contributed by atoms with Crippen molar-refractivity contribution < 1.29 is 28.8 Å². The molecule has 0 atom stereocenters. The third-order valence-corrected chi connectivity index (χ3v) is 6.63. The van der Waals surface area contributed by atoms with E-state index in [1.54, 1.807) is 49.4 Å². The minimum Gasteiger partial charge on any atom is -0.490 e. The number of imide groups is 1. The molecule has 1 N–H and O–H groups in total. The van der Waals surface area contributed by atoms with E-state index in [2.05, 4.69) is 26.2 Å². The van der Waals surface area contributed by atoms with Gasteiger partial charge in [0.25, 0.3) is 16.8 Å². The van der Waals surface area contributed by atoms with Crippen LogP contribution in [0.4, 0.5) is 16.2 Å². The van der Waals surface area contributed by atoms with Gasteiger partial charge in [0.2, 0.25) is 11.8 Å². The predicted octanol–water partition coefficient (Wildman–Crippen LogP) is 5.62. The van der Waals surface area contributed by atoms with E-state index in [-0.39, 0.29) is 16.5 Å². The molecule has 1 fully saturated rings. The van der Waals surface area contributed by atoms with Crippen molar-refractivity contribution in [1.82, 2.24) is 9.88 Å². The highest BCUT2D eigenvalue weighted by Gasteiger charge is 2.36. The summed E-state index contributed by atoms with van der Waals surface area (Å²) in [6.45, 7) is 1.67. The first-order valence-electron chi connectivity index (χ1n) is 11.1. The first-order valence-corrected chi connectivity index (χ1v) is 12.7. The SMILES string of the molecule is CCOc1cc(/C=C2\SC(=O)N(CC(=O)Nc3ccccc3Br)C2=O)ccc1Oc1ccc([N+](=O)[O-])cn1. The quantitative estimate of drug-likeness (QED) is 0.189. The standard InChI is InChI=1S/C25H19BrN4O7S/c1-2-36-20-11-15(7-9-19(20)37-23-10-8-16(13-27-23)30(34)35)12-21-24(32)29(25(33)38-21)14-22(31)28-18-6-4-3-5-17(18)26/h3-13H,2,14H2,1H3,(H,28,31)/b21-12-. The fourth-order valence-corrected chi connectivity index (χ4v) is 4.53. The van der Waals surface area contributed by atoms with Gasteiger partial charge >= 0.3 is 0 Å². The second-order valence-electron chi connectivity index (χ2n) is 7.65. The molecule has 194 valence electrons. The van der Waals surface area contributed by atoms with Crippen molar-refractivity contribution in [2.24, 2.45) is 0 Å². The molecule has 1 saturated heterocycles. The van der Waals surface area contributed by atoms with Crippen LogP contribution in [-0.4, -0.2) is 45.0 Å². The molecule has 1 aliphatic heterocycles. The molecule has 0 unspecified atom stereocenters. The number of nitrogens with zero attached hydrogens (tertiary/aromatic N) is 3. The Morgan fingerprint density at radius 2 is 1.97 bits per heavy atom. The number of carbonyl (C=O) groups excluding carboxylic acids is 3. The van der Waals surface area contributed by atoms with Crippen LogP contribution >= 0.6 is 27.7 Å². The number of hydrogen-bond donors (Lipinski definition) is 1. The number of hydrogen-bond acceptors (Lipinski definition) is 9. The molecule has 2 heterocycles. The number of thioether (sulfide) groups is 1. The summed E-state index contributed by atoms with van der Waals surface area (Å²) in [7, 11) is 0. The first-order chi connectivity index (χ1) is 18.2. The maximum absolute atomic E-state index is 12.9. The Kier molecular flexibility index (Phi) is 8.38. The molecule has 11 nitrogen and oxygen atoms in total. The van der Waals surface area contributed by atoms with E-state index in [4.69, 9.17) is 9.47 Å². The lowest BCUT2D eigenvalue weighted by Crippen LogP contribution is -2.36. The van der Waals surface area contributed by atoms with Gasteiger partial charge in [-0.2, -0.15) is 0 Å². The molecule has 3 aromatic rings. The van der Waals surface area contributed by atoms with Crippen molar-refractivity contribution in [1.29, 1.82) is 0 Å². The number of carbonyl (C=O) groups is 3. The van der Waals surface area contributed by atoms with Gasteiger partial charge in [-0.05, 0) is 70.5 Å². The minimum atomic E-state index is -0.587. The number of ether oxygens (including phenoxy) is 2. The third kappa shape index (κ3) is 6.36. The third-order valence-electron chi connectivity index (χ3n) is 5.03. The van der Waals surface area contributed by atoms with Gasteiger partial charge < -0.3 is 14.8 Å². The Labute approximate surface area is 229 Å². The molecule has 0 spiro atoms. The van der Waals surface area contributed by atoms with Crippen molar-refractivity contribution in [2.45, 2.75) is 6.92 Å². The van der Waals surface area contributed by atoms with E-state index in [0.717, 1.165) is 22.9 Å². The number of para-hydroxylation sites is 1. The van der Waals surface area contributed by atoms with Crippen molar-refractivity contribution in [3.05, 3.63) is 85.8 Å². The molecule has 13 heteroatoms. The first kappa shape index (κ1) is 26.8. The van der Waals surface area contributed by atoms with Crippen LogP contribution < -0.4 is 14.8 Å². The van der Waals surface area contributed by atoms with Crippen LogP contribution in [0, 0.1) is 10.1 Å². The van der Waals surface area contributed by atoms with Gasteiger partial charge in [0, 0.05) is 16.6 Å². The number of pyridine rings is 1. The van der Waals surface area contributed by atoms with Crippen LogP contribution in [-0.2, 0) is 9.59 Å². The monoisotopic (exact) mass is 598 g/mol. The summed E-state index contributed by atoms with van der Waals surface area (Å²) < 4.78 is 12.0. The molecule has 0 saturated carbocycles. The molecule has 4 rings (SSSR count). The Bertz CT molecular complexity index is 1450. The van der Waals surface area contributed by atoms with E-state index in [1.165, 1.54) is 18.2 Å². The van der Waals surface area contributed by atoms with Gasteiger partial charge in [-0.15, -0.1) is 0 Å². The summed E-state index contributed by atoms with van der Waals surface area (Å²) >= 11 is 4.06. The van der Waals surface area contributed by atoms with Gasteiger partial charge in [-0.3, -0.25) is 29.4 Å². The zero-order valence-corrected chi connectivity index (χ0v) is 22.2. The lowest BCUT2D eigenvalue weighted by molar-refractivity contribution is -0.385. The van der Waals surface area contributed by atoms with Gasteiger partial charge in [0.05, 0.1) is 22.1 Å². The molecule has 0 bridgehead atoms. The molecule has 0 radical (unpaired) electrons. The summed E-state index contributed by atoms with van der Waals surface area (Å²) in [6, 6.07) is 14.5. The van der Waals surface area contributed by atoms with E-state index >= 15 is 0 Å². The van der Waals surface area contributed by atoms with E-state index in [1.807, 2.05) is 0 Å². The second kappa shape index (κ2) is 11.9. The van der Waals surface area contributed by atoms with Crippen molar-refractivity contribution >= 4 is 62.2 Å². The number of nitro groups is 1. The topological polar surface area (TPSA) is 141 Å². The van der Waals surface area contributed by atoms with Crippen LogP contribution in [0.3, 0.4) is 0 Å². The average Bonchev–Trinajstić information content (AvgIpc) is 3.14. The highest BCUT2D eigenvalue weighted by Crippen LogP contribution is 2.36. The van der Waals surface area contributed by atoms with Crippen LogP contribution in [0.2, 0.25) is 0 Å². The van der Waals surface area contributed by atoms with Crippen molar-refractivity contribution in [3.8, 4) is 17.4 Å². The summed E-state index contributed by atoms with van der Waals surface area (Å²) in [4.78, 5) is 53.0. The van der Waals surface area contributed by atoms with Crippen LogP contribution in [0.25, 0.3) is 6.08 Å². The molecule has 0 aliphatic carbocycles. The molecular weight excluding hydrogens is 580 g/mol. The van der Waals surface area contributed by atoms with Gasteiger partial charge in [0.15, 0.2) is 11.5 Å². The highest BCUT2D eigenvalue weighted by atomic mass is 79.9. The summed E-state index contributed by atoms with van der Waals surface area (Å²) in [5.41, 5.74) is 0.910. The molecule has 3 amide bonds. The van der Waals surface area contributed by atoms with Crippen LogP contribution in [0.15, 0.2) is 70.2 Å². The fraction of sp³-hybridized carbons (Fsp3) is 0.120. The molecule has 38 heavy (non-hydrogen) atoms. The van der Waals surface area contributed by atoms with Crippen molar-refractivity contribution in [2.75, 3.05) is 18.5 Å². The smallest absolute Gasteiger partial charge is 0.294 e. The average molecular weight is 599 g/mol. The molecule has 1 aromatic heterocycles. The summed E-state index contributed by atoms with van der Waals surface area (Å²) in [5, 5.41) is 12.9. The normalized spacial score (nSPS) is 14.1. The number of benzene rings is 2. The minimum absolute atomic E-state index is 0.131. The fourth-order valence-electron chi connectivity index (χ4n) is 3.30. The van der Waals surface area contributed by atoms with E-state index in [0.29, 0.717) is 33.8 Å². The Balaban J connectivity index is 1.48. The van der Waals surface area contributed by atoms with Gasteiger partial charge in [-0.1, -0.05) is 18.2 Å². The summed E-state index contributed by atoms with van der Waals surface area (Å²) in [5.74, 6) is -0.321. The van der Waals surface area contributed by atoms with Crippen molar-refractivity contribution in [3.63, 3.8) is 0 Å². The van der Waals surface area contributed by atoms with E-state index in [9.17, 15) is 24.5 Å². The zero-order valence-electron chi connectivity index (χ0n) is 19.8. The highest BCUT2D eigenvalue weighted by molar-refractivity contribution is 9.10. The van der Waals surface area contributed by atoms with Gasteiger partial charge in [0.1, 0.15) is 12.7 Å². The Morgan fingerprint density at radius 3 is 2.66 bits per heavy atom. The van der Waals surface area contributed by atoms with Crippen LogP contribution in [0.5, 0.6) is 17.4 Å².